The van der Waals surface area contributed by atoms with Crippen LogP contribution < -0.4 is 5.32 Å². The molecule has 0 aliphatic heterocycles. The second kappa shape index (κ2) is 7.53. The molecule has 0 aliphatic rings. The molecule has 0 aliphatic carbocycles. The molecule has 2 aromatic carbocycles. The minimum absolute atomic E-state index is 0.113. The molecule has 1 N–H and O–H groups in total. The number of hydrogen-bond acceptors (Lipinski definition) is 4. The van der Waals surface area contributed by atoms with Gasteiger partial charge < -0.3 is 9.73 Å². The SMILES string of the molecule is O=C(NCC(c1ccco1)S(=O)(=O)c1ccccc1)c1ccccc1F. The van der Waals surface area contributed by atoms with Crippen LogP contribution in [0.25, 0.3) is 0 Å². The van der Waals surface area contributed by atoms with Crippen LogP contribution >= 0.6 is 0 Å². The van der Waals surface area contributed by atoms with Crippen LogP contribution in [0.15, 0.2) is 82.3 Å². The molecule has 3 rings (SSSR count). The molecule has 1 unspecified atom stereocenters. The third-order valence-corrected chi connectivity index (χ3v) is 5.95. The van der Waals surface area contributed by atoms with Gasteiger partial charge >= 0.3 is 0 Å². The number of amides is 1. The summed E-state index contributed by atoms with van der Waals surface area (Å²) in [6, 6.07) is 16.5. The van der Waals surface area contributed by atoms with Crippen molar-refractivity contribution in [3.8, 4) is 0 Å². The average Bonchev–Trinajstić information content (AvgIpc) is 3.17. The van der Waals surface area contributed by atoms with E-state index in [9.17, 15) is 17.6 Å². The predicted octanol–water partition coefficient (Wildman–Crippen LogP) is 3.36. The van der Waals surface area contributed by atoms with Gasteiger partial charge in [-0.1, -0.05) is 30.3 Å². The summed E-state index contributed by atoms with van der Waals surface area (Å²) in [6.07, 6.45) is 1.36. The molecule has 0 bridgehead atoms. The molecule has 134 valence electrons. The molecule has 5 nitrogen and oxygen atoms in total. The van der Waals surface area contributed by atoms with Gasteiger partial charge in [0, 0.05) is 6.54 Å². The number of rotatable bonds is 6. The van der Waals surface area contributed by atoms with Gasteiger partial charge in [0.25, 0.3) is 5.91 Å². The first-order chi connectivity index (χ1) is 12.5. The van der Waals surface area contributed by atoms with E-state index < -0.39 is 26.8 Å². The van der Waals surface area contributed by atoms with Crippen LogP contribution in [0.4, 0.5) is 4.39 Å². The number of nitrogens with one attached hydrogen (secondary N) is 1. The van der Waals surface area contributed by atoms with Crippen LogP contribution in [0.2, 0.25) is 0 Å². The molecule has 0 saturated heterocycles. The Kier molecular flexibility index (Phi) is 5.18. The van der Waals surface area contributed by atoms with E-state index in [1.165, 1.54) is 48.7 Å². The quantitative estimate of drug-likeness (QED) is 0.719. The predicted molar refractivity (Wildman–Crippen MR) is 93.8 cm³/mol. The molecule has 1 amide bonds. The molecule has 0 saturated carbocycles. The van der Waals surface area contributed by atoms with Crippen LogP contribution in [-0.2, 0) is 9.84 Å². The number of halogens is 1. The smallest absolute Gasteiger partial charge is 0.254 e. The number of benzene rings is 2. The molecule has 7 heteroatoms. The summed E-state index contributed by atoms with van der Waals surface area (Å²) in [5.74, 6) is -1.17. The van der Waals surface area contributed by atoms with E-state index in [4.69, 9.17) is 4.42 Å². The van der Waals surface area contributed by atoms with Crippen LogP contribution in [0.3, 0.4) is 0 Å². The van der Waals surface area contributed by atoms with Crippen molar-refractivity contribution in [2.75, 3.05) is 6.54 Å². The van der Waals surface area contributed by atoms with Gasteiger partial charge in [-0.2, -0.15) is 0 Å². The van der Waals surface area contributed by atoms with Crippen molar-refractivity contribution in [2.24, 2.45) is 0 Å². The molecule has 26 heavy (non-hydrogen) atoms. The first-order valence-corrected chi connectivity index (χ1v) is 9.40. The maximum Gasteiger partial charge on any atom is 0.254 e. The van der Waals surface area contributed by atoms with E-state index in [1.807, 2.05) is 0 Å². The van der Waals surface area contributed by atoms with Crippen LogP contribution in [0, 0.1) is 5.82 Å². The Balaban J connectivity index is 1.87. The standard InChI is InChI=1S/C19H16FNO4S/c20-16-10-5-4-9-15(16)19(22)21-13-18(17-11-6-12-25-17)26(23,24)14-7-2-1-3-8-14/h1-12,18H,13H2,(H,21,22). The Morgan fingerprint density at radius 3 is 2.35 bits per heavy atom. The van der Waals surface area contributed by atoms with Crippen molar-refractivity contribution < 1.29 is 22.0 Å². The highest BCUT2D eigenvalue weighted by molar-refractivity contribution is 7.91. The summed E-state index contributed by atoms with van der Waals surface area (Å²) in [4.78, 5) is 12.3. The minimum atomic E-state index is -3.81. The third-order valence-electron chi connectivity index (χ3n) is 3.87. The van der Waals surface area contributed by atoms with Gasteiger partial charge in [-0.25, -0.2) is 12.8 Å². The van der Waals surface area contributed by atoms with E-state index in [0.29, 0.717) is 0 Å². The Bertz CT molecular complexity index is 985. The zero-order valence-electron chi connectivity index (χ0n) is 13.6. The highest BCUT2D eigenvalue weighted by atomic mass is 32.2. The maximum atomic E-state index is 13.7. The van der Waals surface area contributed by atoms with Crippen molar-refractivity contribution in [1.29, 1.82) is 0 Å². The topological polar surface area (TPSA) is 76.4 Å². The maximum absolute atomic E-state index is 13.7. The third kappa shape index (κ3) is 3.67. The van der Waals surface area contributed by atoms with Gasteiger partial charge in [-0.05, 0) is 36.4 Å². The van der Waals surface area contributed by atoms with Crippen molar-refractivity contribution in [2.45, 2.75) is 10.1 Å². The van der Waals surface area contributed by atoms with Crippen LogP contribution in [0.5, 0.6) is 0 Å². The van der Waals surface area contributed by atoms with Gasteiger partial charge in [-0.3, -0.25) is 4.79 Å². The van der Waals surface area contributed by atoms with Gasteiger partial charge in [0.2, 0.25) is 0 Å². The van der Waals surface area contributed by atoms with Crippen molar-refractivity contribution >= 4 is 15.7 Å². The number of carbonyl (C=O) groups is 1. The Labute approximate surface area is 150 Å². The van der Waals surface area contributed by atoms with E-state index in [-0.39, 0.29) is 22.8 Å². The Hall–Kier alpha value is -2.93. The van der Waals surface area contributed by atoms with Crippen LogP contribution in [-0.4, -0.2) is 20.9 Å². The second-order valence-electron chi connectivity index (χ2n) is 5.55. The summed E-state index contributed by atoms with van der Waals surface area (Å²) in [7, 11) is -3.81. The summed E-state index contributed by atoms with van der Waals surface area (Å²) in [5.41, 5.74) is -0.150. The van der Waals surface area contributed by atoms with Crippen molar-refractivity contribution in [3.63, 3.8) is 0 Å². The van der Waals surface area contributed by atoms with Gasteiger partial charge in [-0.15, -0.1) is 0 Å². The largest absolute Gasteiger partial charge is 0.468 e. The lowest BCUT2D eigenvalue weighted by molar-refractivity contribution is 0.0949. The number of furan rings is 1. The lowest BCUT2D eigenvalue weighted by atomic mass is 10.2. The first kappa shape index (κ1) is 17.9. The molecule has 0 fully saturated rings. The summed E-state index contributed by atoms with van der Waals surface area (Å²) < 4.78 is 44.9. The van der Waals surface area contributed by atoms with Crippen molar-refractivity contribution in [3.05, 3.63) is 90.1 Å². The molecule has 1 atom stereocenters. The van der Waals surface area contributed by atoms with E-state index >= 15 is 0 Å². The Morgan fingerprint density at radius 1 is 1.00 bits per heavy atom. The number of sulfone groups is 1. The Morgan fingerprint density at radius 2 is 1.69 bits per heavy atom. The summed E-state index contributed by atoms with van der Waals surface area (Å²) in [6.45, 7) is -0.252. The zero-order chi connectivity index (χ0) is 18.6. The number of carbonyl (C=O) groups excluding carboxylic acids is 1. The highest BCUT2D eigenvalue weighted by Crippen LogP contribution is 2.28. The van der Waals surface area contributed by atoms with E-state index in [1.54, 1.807) is 24.3 Å². The fourth-order valence-corrected chi connectivity index (χ4v) is 4.15. The molecule has 1 heterocycles. The second-order valence-corrected chi connectivity index (χ2v) is 7.68. The van der Waals surface area contributed by atoms with Crippen molar-refractivity contribution in [1.82, 2.24) is 5.32 Å². The van der Waals surface area contributed by atoms with Gasteiger partial charge in [0.15, 0.2) is 9.84 Å². The molecule has 3 aromatic rings. The van der Waals surface area contributed by atoms with E-state index in [2.05, 4.69) is 5.32 Å². The van der Waals surface area contributed by atoms with Gasteiger partial charge in [0.1, 0.15) is 16.8 Å². The monoisotopic (exact) mass is 373 g/mol. The molecular formula is C19H16FNO4S. The van der Waals surface area contributed by atoms with Gasteiger partial charge in [0.05, 0.1) is 16.7 Å². The molecular weight excluding hydrogens is 357 g/mol. The molecule has 0 spiro atoms. The lowest BCUT2D eigenvalue weighted by Gasteiger charge is -2.17. The zero-order valence-corrected chi connectivity index (χ0v) is 14.4. The fourth-order valence-electron chi connectivity index (χ4n) is 2.54. The number of hydrogen-bond donors (Lipinski definition) is 1. The first-order valence-electron chi connectivity index (χ1n) is 7.85. The normalized spacial score (nSPS) is 12.5. The summed E-state index contributed by atoms with van der Waals surface area (Å²) >= 11 is 0. The molecule has 1 aromatic heterocycles. The van der Waals surface area contributed by atoms with Crippen LogP contribution in [0.1, 0.15) is 21.4 Å². The summed E-state index contributed by atoms with van der Waals surface area (Å²) in [5, 5.41) is 1.36. The molecule has 0 radical (unpaired) electrons. The minimum Gasteiger partial charge on any atom is -0.468 e. The van der Waals surface area contributed by atoms with E-state index in [0.717, 1.165) is 0 Å². The average molecular weight is 373 g/mol. The lowest BCUT2D eigenvalue weighted by Crippen LogP contribution is -2.32. The fraction of sp³-hybridized carbons (Fsp3) is 0.105. The highest BCUT2D eigenvalue weighted by Gasteiger charge is 2.32.